The molecule has 1 aromatic rings. The van der Waals surface area contributed by atoms with Gasteiger partial charge in [0.05, 0.1) is 21.2 Å². The van der Waals surface area contributed by atoms with E-state index >= 15 is 0 Å². The summed E-state index contributed by atoms with van der Waals surface area (Å²) < 4.78 is 0. The molecule has 0 bridgehead atoms. The van der Waals surface area contributed by atoms with E-state index < -0.39 is 0 Å². The van der Waals surface area contributed by atoms with Crippen LogP contribution in [0.3, 0.4) is 0 Å². The van der Waals surface area contributed by atoms with Gasteiger partial charge in [-0.25, -0.2) is 0 Å². The lowest BCUT2D eigenvalue weighted by Crippen LogP contribution is -2.39. The Morgan fingerprint density at radius 3 is 2.34 bits per heavy atom. The van der Waals surface area contributed by atoms with Gasteiger partial charge in [-0.1, -0.05) is 29.3 Å². The molecule has 1 aromatic carbocycles. The van der Waals surface area contributed by atoms with Crippen LogP contribution in [0, 0.1) is 5.92 Å². The molecule has 29 heavy (non-hydrogen) atoms. The van der Waals surface area contributed by atoms with E-state index in [4.69, 9.17) is 23.2 Å². The van der Waals surface area contributed by atoms with E-state index in [9.17, 15) is 14.4 Å². The molecule has 154 valence electrons. The average Bonchev–Trinajstić information content (AvgIpc) is 2.95. The second kappa shape index (κ2) is 8.49. The molecule has 0 radical (unpaired) electrons. The van der Waals surface area contributed by atoms with Crippen molar-refractivity contribution in [1.29, 1.82) is 0 Å². The number of carbonyl (C=O) groups excluding carboxylic acids is 3. The molecule has 0 aromatic heterocycles. The zero-order valence-electron chi connectivity index (χ0n) is 16.3. The van der Waals surface area contributed by atoms with Crippen molar-refractivity contribution in [2.45, 2.75) is 51.4 Å². The lowest BCUT2D eigenvalue weighted by molar-refractivity contribution is -0.130. The van der Waals surface area contributed by atoms with Gasteiger partial charge in [0.1, 0.15) is 0 Å². The minimum atomic E-state index is -0.346. The van der Waals surface area contributed by atoms with Gasteiger partial charge in [0.15, 0.2) is 0 Å². The van der Waals surface area contributed by atoms with E-state index in [1.807, 2.05) is 4.90 Å². The van der Waals surface area contributed by atoms with Crippen molar-refractivity contribution in [1.82, 2.24) is 9.80 Å². The highest BCUT2D eigenvalue weighted by molar-refractivity contribution is 6.43. The van der Waals surface area contributed by atoms with Gasteiger partial charge in [-0.05, 0) is 63.0 Å². The predicted octanol–water partition coefficient (Wildman–Crippen LogP) is 5.07. The predicted molar refractivity (Wildman–Crippen MR) is 112 cm³/mol. The van der Waals surface area contributed by atoms with Gasteiger partial charge in [0.25, 0.3) is 11.8 Å². The molecule has 0 spiro atoms. The third kappa shape index (κ3) is 3.95. The Bertz CT molecular complexity index is 855. The van der Waals surface area contributed by atoms with Gasteiger partial charge in [0, 0.05) is 25.2 Å². The van der Waals surface area contributed by atoms with Crippen molar-refractivity contribution in [2.75, 3.05) is 13.1 Å². The largest absolute Gasteiger partial charge is 0.316 e. The molecule has 1 saturated heterocycles. The summed E-state index contributed by atoms with van der Waals surface area (Å²) in [7, 11) is 0. The summed E-state index contributed by atoms with van der Waals surface area (Å²) in [6.45, 7) is 1.10. The zero-order chi connectivity index (χ0) is 20.5. The van der Waals surface area contributed by atoms with E-state index in [0.29, 0.717) is 42.9 Å². The Morgan fingerprint density at radius 2 is 1.66 bits per heavy atom. The normalized spacial score (nSPS) is 21.2. The van der Waals surface area contributed by atoms with Gasteiger partial charge in [-0.15, -0.1) is 0 Å². The van der Waals surface area contributed by atoms with Gasteiger partial charge < -0.3 is 4.90 Å². The summed E-state index contributed by atoms with van der Waals surface area (Å²) in [6, 6.07) is 2.90. The molecule has 1 atom stereocenters. The summed E-state index contributed by atoms with van der Waals surface area (Å²) in [5, 5.41) is 0.520. The van der Waals surface area contributed by atoms with Crippen molar-refractivity contribution in [2.24, 2.45) is 5.92 Å². The monoisotopic (exact) mass is 434 g/mol. The van der Waals surface area contributed by atoms with Crippen molar-refractivity contribution in [3.8, 4) is 0 Å². The van der Waals surface area contributed by atoms with Crippen LogP contribution in [-0.2, 0) is 4.79 Å². The molecule has 1 fully saturated rings. The van der Waals surface area contributed by atoms with E-state index in [1.165, 1.54) is 42.0 Å². The fourth-order valence-electron chi connectivity index (χ4n) is 4.61. The molecule has 5 nitrogen and oxygen atoms in total. The highest BCUT2D eigenvalue weighted by atomic mass is 35.5. The average molecular weight is 435 g/mol. The number of fused-ring (bicyclic) bond motifs is 2. The van der Waals surface area contributed by atoms with Crippen molar-refractivity contribution in [3.63, 3.8) is 0 Å². The number of nitrogens with zero attached hydrogens (tertiary/aromatic N) is 2. The van der Waals surface area contributed by atoms with Crippen LogP contribution in [-0.4, -0.2) is 40.6 Å². The van der Waals surface area contributed by atoms with E-state index in [2.05, 4.69) is 6.08 Å². The minimum absolute atomic E-state index is 0.156. The summed E-state index contributed by atoms with van der Waals surface area (Å²) in [6.07, 6.45) is 9.61. The first kappa shape index (κ1) is 20.4. The lowest BCUT2D eigenvalue weighted by atomic mass is 9.85. The van der Waals surface area contributed by atoms with Gasteiger partial charge in [0.2, 0.25) is 5.91 Å². The molecule has 2 heterocycles. The molecule has 1 unspecified atom stereocenters. The molecule has 1 aliphatic carbocycles. The number of hydrogen-bond acceptors (Lipinski definition) is 3. The number of unbranched alkanes of at least 4 members (excludes halogenated alkanes) is 1. The molecule has 7 heteroatoms. The number of hydrogen-bond donors (Lipinski definition) is 0. The Labute approximate surface area is 180 Å². The van der Waals surface area contributed by atoms with Crippen LogP contribution in [0.4, 0.5) is 0 Å². The number of benzene rings is 1. The van der Waals surface area contributed by atoms with Crippen LogP contribution in [0.5, 0.6) is 0 Å². The molecule has 0 N–H and O–H groups in total. The first-order valence-electron chi connectivity index (χ1n) is 10.3. The van der Waals surface area contributed by atoms with Crippen LogP contribution in [0.1, 0.15) is 72.1 Å². The number of rotatable bonds is 5. The highest BCUT2D eigenvalue weighted by Crippen LogP contribution is 2.35. The molecule has 3 aliphatic rings. The third-order valence-electron chi connectivity index (χ3n) is 6.11. The van der Waals surface area contributed by atoms with Gasteiger partial charge in [-0.2, -0.15) is 0 Å². The first-order chi connectivity index (χ1) is 14.0. The summed E-state index contributed by atoms with van der Waals surface area (Å²) in [4.78, 5) is 41.0. The quantitative estimate of drug-likeness (QED) is 0.480. The number of carbonyl (C=O) groups is 3. The van der Waals surface area contributed by atoms with Crippen molar-refractivity contribution in [3.05, 3.63) is 45.1 Å². The fourth-order valence-corrected chi connectivity index (χ4v) is 4.94. The van der Waals surface area contributed by atoms with Gasteiger partial charge >= 0.3 is 0 Å². The van der Waals surface area contributed by atoms with Crippen molar-refractivity contribution < 1.29 is 14.4 Å². The van der Waals surface area contributed by atoms with Gasteiger partial charge in [-0.3, -0.25) is 19.3 Å². The standard InChI is InChI=1S/C22H24Cl2N2O3/c23-17-12-15-16(13-18(17)24)22(29)26(21(15)28)10-4-3-9-20(27)25-11-5-7-14-6-1-2-8-19(14)25/h8,12-14H,1-7,9-11H2. The summed E-state index contributed by atoms with van der Waals surface area (Å²) >= 11 is 12.0. The molecule has 0 saturated carbocycles. The molecular formula is C22H24Cl2N2O3. The molecule has 4 rings (SSSR count). The van der Waals surface area contributed by atoms with Crippen LogP contribution >= 0.6 is 23.2 Å². The Morgan fingerprint density at radius 1 is 1.00 bits per heavy atom. The van der Waals surface area contributed by atoms with Crippen LogP contribution in [0.15, 0.2) is 23.9 Å². The second-order valence-electron chi connectivity index (χ2n) is 7.98. The van der Waals surface area contributed by atoms with E-state index in [1.54, 1.807) is 0 Å². The number of imide groups is 1. The Kier molecular flexibility index (Phi) is 5.98. The van der Waals surface area contributed by atoms with Crippen LogP contribution in [0.2, 0.25) is 10.0 Å². The maximum atomic E-state index is 12.7. The molecular weight excluding hydrogens is 411 g/mol. The smallest absolute Gasteiger partial charge is 0.261 e. The Balaban J connectivity index is 1.31. The van der Waals surface area contributed by atoms with Crippen LogP contribution < -0.4 is 0 Å². The molecule has 2 aliphatic heterocycles. The fraction of sp³-hybridized carbons (Fsp3) is 0.500. The maximum absolute atomic E-state index is 12.7. The second-order valence-corrected chi connectivity index (χ2v) is 8.79. The number of amides is 3. The zero-order valence-corrected chi connectivity index (χ0v) is 17.8. The SMILES string of the molecule is O=C(CCCCN1C(=O)c2cc(Cl)c(Cl)cc2C1=O)N1CCCC2CCCC=C21. The molecule has 3 amide bonds. The number of piperidine rings is 1. The first-order valence-corrected chi connectivity index (χ1v) is 11.1. The third-order valence-corrected chi connectivity index (χ3v) is 6.83. The van der Waals surface area contributed by atoms with Crippen LogP contribution in [0.25, 0.3) is 0 Å². The van der Waals surface area contributed by atoms with E-state index in [-0.39, 0.29) is 27.8 Å². The Hall–Kier alpha value is -1.85. The topological polar surface area (TPSA) is 57.7 Å². The summed E-state index contributed by atoms with van der Waals surface area (Å²) in [5.41, 5.74) is 1.81. The highest BCUT2D eigenvalue weighted by Gasteiger charge is 2.36. The number of halogens is 2. The van der Waals surface area contributed by atoms with E-state index in [0.717, 1.165) is 19.4 Å². The number of likely N-dealkylation sites (tertiary alicyclic amines) is 1. The summed E-state index contributed by atoms with van der Waals surface area (Å²) in [5.74, 6) is 0.00414. The van der Waals surface area contributed by atoms with Crippen molar-refractivity contribution >= 4 is 40.9 Å². The number of allylic oxidation sites excluding steroid dienone is 2. The maximum Gasteiger partial charge on any atom is 0.261 e. The minimum Gasteiger partial charge on any atom is -0.316 e. The lowest BCUT2D eigenvalue weighted by Gasteiger charge is -2.38.